The Labute approximate surface area is 132 Å². The number of carbonyl (C=O) groups excluding carboxylic acids is 1. The van der Waals surface area contributed by atoms with Crippen LogP contribution in [0.3, 0.4) is 0 Å². The zero-order valence-electron chi connectivity index (χ0n) is 12.6. The van der Waals surface area contributed by atoms with Gasteiger partial charge in [0.05, 0.1) is 6.61 Å². The van der Waals surface area contributed by atoms with E-state index >= 15 is 0 Å². The normalized spacial score (nSPS) is 10.7. The van der Waals surface area contributed by atoms with Crippen LogP contribution in [0.2, 0.25) is 0 Å². The molecule has 0 aliphatic rings. The van der Waals surface area contributed by atoms with E-state index in [4.69, 9.17) is 5.11 Å². The topological polar surface area (TPSA) is 73.4 Å². The fraction of sp³-hybridized carbons (Fsp3) is 0.111. The Morgan fingerprint density at radius 1 is 1.13 bits per heavy atom. The lowest BCUT2D eigenvalue weighted by atomic mass is 10.1. The number of aromatic nitrogens is 1. The molecule has 23 heavy (non-hydrogen) atoms. The van der Waals surface area contributed by atoms with Crippen LogP contribution in [0.15, 0.2) is 59.4 Å². The Morgan fingerprint density at radius 3 is 2.52 bits per heavy atom. The zero-order chi connectivity index (χ0) is 16.4. The molecule has 5 heteroatoms. The average Bonchev–Trinajstić information content (AvgIpc) is 2.60. The average molecular weight is 308 g/mol. The van der Waals surface area contributed by atoms with Gasteiger partial charge in [0, 0.05) is 18.3 Å². The third kappa shape index (κ3) is 2.86. The van der Waals surface area contributed by atoms with Gasteiger partial charge in [-0.2, -0.15) is 0 Å². The second-order valence-corrected chi connectivity index (χ2v) is 5.29. The number of fused-ring (bicyclic) bond motifs is 1. The highest BCUT2D eigenvalue weighted by atomic mass is 16.3. The number of nitrogens with zero attached hydrogens (tertiary/aromatic N) is 1. The second kappa shape index (κ2) is 6.06. The summed E-state index contributed by atoms with van der Waals surface area (Å²) in [6.07, 6.45) is 0. The van der Waals surface area contributed by atoms with Gasteiger partial charge in [0.25, 0.3) is 11.5 Å². The number of para-hydroxylation sites is 1. The van der Waals surface area contributed by atoms with Gasteiger partial charge in [-0.25, -0.2) is 0 Å². The first-order valence-electron chi connectivity index (χ1n) is 7.20. The number of amides is 1. The van der Waals surface area contributed by atoms with Crippen molar-refractivity contribution in [2.45, 2.75) is 6.61 Å². The largest absolute Gasteiger partial charge is 0.392 e. The molecule has 3 rings (SSSR count). The van der Waals surface area contributed by atoms with Gasteiger partial charge in [-0.15, -0.1) is 0 Å². The summed E-state index contributed by atoms with van der Waals surface area (Å²) in [6, 6.07) is 15.9. The minimum atomic E-state index is -0.410. The van der Waals surface area contributed by atoms with Crippen LogP contribution in [-0.4, -0.2) is 23.0 Å². The van der Waals surface area contributed by atoms with E-state index in [1.807, 2.05) is 18.2 Å². The Bertz CT molecular complexity index is 913. The molecule has 2 N–H and O–H groups in total. The second-order valence-electron chi connectivity index (χ2n) is 5.29. The molecule has 0 spiro atoms. The van der Waals surface area contributed by atoms with Crippen LogP contribution in [0.5, 0.6) is 0 Å². The highest BCUT2D eigenvalue weighted by molar-refractivity contribution is 6.07. The van der Waals surface area contributed by atoms with E-state index < -0.39 is 5.56 Å². The number of nitrogens with one attached hydrogen (secondary N) is 1. The highest BCUT2D eigenvalue weighted by Gasteiger charge is 2.17. The first-order chi connectivity index (χ1) is 11.1. The molecule has 0 saturated heterocycles. The van der Waals surface area contributed by atoms with Gasteiger partial charge >= 0.3 is 0 Å². The molecule has 1 aromatic heterocycles. The lowest BCUT2D eigenvalue weighted by Crippen LogP contribution is -2.31. The number of carbonyl (C=O) groups is 1. The minimum Gasteiger partial charge on any atom is -0.392 e. The number of anilines is 1. The van der Waals surface area contributed by atoms with Crippen LogP contribution in [0.1, 0.15) is 15.9 Å². The predicted octanol–water partition coefficient (Wildman–Crippen LogP) is 2.30. The summed E-state index contributed by atoms with van der Waals surface area (Å²) in [5, 5.41) is 9.87. The molecule has 0 bridgehead atoms. The van der Waals surface area contributed by atoms with Gasteiger partial charge in [-0.1, -0.05) is 30.3 Å². The maximum atomic E-state index is 12.6. The van der Waals surface area contributed by atoms with Crippen LogP contribution in [0.25, 0.3) is 10.9 Å². The molecule has 1 amide bonds. The first-order valence-corrected chi connectivity index (χ1v) is 7.20. The van der Waals surface area contributed by atoms with Gasteiger partial charge < -0.3 is 15.0 Å². The van der Waals surface area contributed by atoms with E-state index in [1.165, 1.54) is 4.90 Å². The lowest BCUT2D eigenvalue weighted by molar-refractivity contribution is 0.0991. The van der Waals surface area contributed by atoms with Crippen molar-refractivity contribution in [2.75, 3.05) is 11.9 Å². The Hall–Kier alpha value is -2.92. The van der Waals surface area contributed by atoms with Crippen LogP contribution in [-0.2, 0) is 6.61 Å². The highest BCUT2D eigenvalue weighted by Crippen LogP contribution is 2.17. The summed E-state index contributed by atoms with van der Waals surface area (Å²) in [6.45, 7) is -0.0533. The Morgan fingerprint density at radius 2 is 1.83 bits per heavy atom. The van der Waals surface area contributed by atoms with E-state index in [9.17, 15) is 9.59 Å². The van der Waals surface area contributed by atoms with Crippen molar-refractivity contribution in [1.82, 2.24) is 4.98 Å². The summed E-state index contributed by atoms with van der Waals surface area (Å²) in [4.78, 5) is 28.9. The predicted molar refractivity (Wildman–Crippen MR) is 89.7 cm³/mol. The summed E-state index contributed by atoms with van der Waals surface area (Å²) < 4.78 is 0. The molecule has 0 radical (unpaired) electrons. The molecule has 0 fully saturated rings. The lowest BCUT2D eigenvalue weighted by Gasteiger charge is -2.17. The number of aliphatic hydroxyl groups is 1. The van der Waals surface area contributed by atoms with Gasteiger partial charge in [0.1, 0.15) is 5.56 Å². The molecule has 5 nitrogen and oxygen atoms in total. The maximum absolute atomic E-state index is 12.6. The number of aliphatic hydroxyl groups excluding tert-OH is 1. The third-order valence-electron chi connectivity index (χ3n) is 3.79. The van der Waals surface area contributed by atoms with Crippen molar-refractivity contribution < 1.29 is 9.90 Å². The zero-order valence-corrected chi connectivity index (χ0v) is 12.6. The standard InChI is InChI=1S/C18H16N2O3/c1-20(14-8-6-12(11-21)7-9-14)18(23)15-10-13-4-2-3-5-16(13)19-17(15)22/h2-10,21H,11H2,1H3,(H,19,22). The summed E-state index contributed by atoms with van der Waals surface area (Å²) in [5.41, 5.74) is 1.80. The van der Waals surface area contributed by atoms with Crippen LogP contribution < -0.4 is 10.5 Å². The third-order valence-corrected chi connectivity index (χ3v) is 3.79. The van der Waals surface area contributed by atoms with Crippen molar-refractivity contribution in [3.8, 4) is 0 Å². The van der Waals surface area contributed by atoms with Crippen molar-refractivity contribution in [3.05, 3.63) is 76.1 Å². The van der Waals surface area contributed by atoms with Crippen LogP contribution >= 0.6 is 0 Å². The van der Waals surface area contributed by atoms with Gasteiger partial charge in [0.15, 0.2) is 0 Å². The van der Waals surface area contributed by atoms with E-state index in [0.717, 1.165) is 10.9 Å². The monoisotopic (exact) mass is 308 g/mol. The van der Waals surface area contributed by atoms with Crippen molar-refractivity contribution in [3.63, 3.8) is 0 Å². The smallest absolute Gasteiger partial charge is 0.263 e. The van der Waals surface area contributed by atoms with E-state index in [1.54, 1.807) is 43.4 Å². The number of hydrogen-bond acceptors (Lipinski definition) is 3. The molecule has 3 aromatic rings. The number of benzene rings is 2. The summed E-state index contributed by atoms with van der Waals surface area (Å²) >= 11 is 0. The van der Waals surface area contributed by atoms with Crippen LogP contribution in [0.4, 0.5) is 5.69 Å². The van der Waals surface area contributed by atoms with Gasteiger partial charge in [-0.05, 0) is 35.2 Å². The molecule has 0 aliphatic heterocycles. The molecule has 0 saturated carbocycles. The number of rotatable bonds is 3. The number of pyridine rings is 1. The Kier molecular flexibility index (Phi) is 3.95. The quantitative estimate of drug-likeness (QED) is 0.779. The van der Waals surface area contributed by atoms with Crippen molar-refractivity contribution >= 4 is 22.5 Å². The Balaban J connectivity index is 1.98. The van der Waals surface area contributed by atoms with E-state index in [0.29, 0.717) is 11.2 Å². The molecular formula is C18H16N2O3. The number of aromatic amines is 1. The number of H-pyrrole nitrogens is 1. The molecule has 116 valence electrons. The SMILES string of the molecule is CN(C(=O)c1cc2ccccc2[nH]c1=O)c1ccc(CO)cc1. The van der Waals surface area contributed by atoms with E-state index in [-0.39, 0.29) is 18.1 Å². The molecular weight excluding hydrogens is 292 g/mol. The fourth-order valence-electron chi connectivity index (χ4n) is 2.43. The minimum absolute atomic E-state index is 0.0533. The first kappa shape index (κ1) is 15.0. The fourth-order valence-corrected chi connectivity index (χ4v) is 2.43. The molecule has 0 atom stereocenters. The van der Waals surface area contributed by atoms with Gasteiger partial charge in [0.2, 0.25) is 0 Å². The number of hydrogen-bond donors (Lipinski definition) is 2. The van der Waals surface area contributed by atoms with Crippen molar-refractivity contribution in [2.24, 2.45) is 0 Å². The molecule has 1 heterocycles. The van der Waals surface area contributed by atoms with E-state index in [2.05, 4.69) is 4.98 Å². The molecule has 0 unspecified atom stereocenters. The summed E-state index contributed by atoms with van der Waals surface area (Å²) in [5.74, 6) is -0.381. The molecule has 2 aromatic carbocycles. The van der Waals surface area contributed by atoms with Gasteiger partial charge in [-0.3, -0.25) is 9.59 Å². The van der Waals surface area contributed by atoms with Crippen LogP contribution in [0, 0.1) is 0 Å². The van der Waals surface area contributed by atoms with Crippen molar-refractivity contribution in [1.29, 1.82) is 0 Å². The summed E-state index contributed by atoms with van der Waals surface area (Å²) in [7, 11) is 1.62. The molecule has 0 aliphatic carbocycles. The maximum Gasteiger partial charge on any atom is 0.263 e.